The number of aromatic nitrogens is 4. The lowest BCUT2D eigenvalue weighted by atomic mass is 10.3. The Morgan fingerprint density at radius 1 is 1.59 bits per heavy atom. The number of hydrogen-bond acceptors (Lipinski definition) is 5. The van der Waals surface area contributed by atoms with Crippen LogP contribution in [0.1, 0.15) is 6.92 Å². The van der Waals surface area contributed by atoms with E-state index in [0.29, 0.717) is 12.2 Å². The van der Waals surface area contributed by atoms with Crippen LogP contribution >= 0.6 is 0 Å². The summed E-state index contributed by atoms with van der Waals surface area (Å²) in [5.41, 5.74) is 0.214. The van der Waals surface area contributed by atoms with Gasteiger partial charge >= 0.3 is 5.69 Å². The molecule has 0 aliphatic rings. The zero-order chi connectivity index (χ0) is 12.3. The lowest BCUT2D eigenvalue weighted by molar-refractivity contribution is 0.146. The van der Waals surface area contributed by atoms with Crippen LogP contribution in [-0.4, -0.2) is 43.5 Å². The van der Waals surface area contributed by atoms with E-state index >= 15 is 0 Å². The summed E-state index contributed by atoms with van der Waals surface area (Å²) in [5, 5.41) is 16.8. The topological polar surface area (TPSA) is 84.4 Å². The van der Waals surface area contributed by atoms with Gasteiger partial charge in [0.25, 0.3) is 0 Å². The molecular formula is C10H15N5O2. The maximum atomic E-state index is 11.8. The Balaban J connectivity index is 2.19. The zero-order valence-corrected chi connectivity index (χ0v) is 9.58. The monoisotopic (exact) mass is 237 g/mol. The minimum absolute atomic E-state index is 0.174. The summed E-state index contributed by atoms with van der Waals surface area (Å²) < 4.78 is 2.64. The number of likely N-dealkylation sites (N-methyl/N-ethyl adjacent to an activating group) is 1. The molecule has 1 unspecified atom stereocenters. The molecular weight excluding hydrogens is 222 g/mol. The lowest BCUT2D eigenvalue weighted by Crippen LogP contribution is -2.34. The summed E-state index contributed by atoms with van der Waals surface area (Å²) in [6.45, 7) is 3.35. The third kappa shape index (κ3) is 2.51. The van der Waals surface area contributed by atoms with Crippen molar-refractivity contribution in [1.82, 2.24) is 24.5 Å². The first-order valence-electron chi connectivity index (χ1n) is 5.50. The highest BCUT2D eigenvalue weighted by molar-refractivity contribution is 5.31. The number of rotatable bonds is 5. The highest BCUT2D eigenvalue weighted by Crippen LogP contribution is 1.93. The van der Waals surface area contributed by atoms with E-state index < -0.39 is 6.10 Å². The molecule has 2 heterocycles. The van der Waals surface area contributed by atoms with Crippen molar-refractivity contribution in [1.29, 1.82) is 0 Å². The molecule has 7 heteroatoms. The van der Waals surface area contributed by atoms with Crippen molar-refractivity contribution in [3.63, 3.8) is 0 Å². The van der Waals surface area contributed by atoms with E-state index in [9.17, 15) is 9.90 Å². The van der Waals surface area contributed by atoms with Gasteiger partial charge in [-0.2, -0.15) is 0 Å². The van der Waals surface area contributed by atoms with Crippen molar-refractivity contribution in [2.24, 2.45) is 0 Å². The van der Waals surface area contributed by atoms with Gasteiger partial charge in [-0.05, 0) is 6.54 Å². The van der Waals surface area contributed by atoms with Crippen LogP contribution < -0.4 is 11.0 Å². The first kappa shape index (κ1) is 11.7. The highest BCUT2D eigenvalue weighted by atomic mass is 16.3. The standard InChI is InChI=1S/C10H15N5O2/c1-2-11-5-8(16)7-15-10(17)14-4-3-12-6-9(14)13-15/h3-4,6,8,11,16H,2,5,7H2,1H3. The minimum atomic E-state index is -0.634. The summed E-state index contributed by atoms with van der Waals surface area (Å²) in [4.78, 5) is 15.7. The molecule has 0 radical (unpaired) electrons. The molecule has 17 heavy (non-hydrogen) atoms. The van der Waals surface area contributed by atoms with Gasteiger partial charge in [0.1, 0.15) is 0 Å². The van der Waals surface area contributed by atoms with Gasteiger partial charge < -0.3 is 10.4 Å². The van der Waals surface area contributed by atoms with Crippen molar-refractivity contribution in [2.75, 3.05) is 13.1 Å². The van der Waals surface area contributed by atoms with E-state index in [0.717, 1.165) is 6.54 Å². The van der Waals surface area contributed by atoms with Crippen LogP contribution in [0.15, 0.2) is 23.4 Å². The molecule has 1 atom stereocenters. The fourth-order valence-corrected chi connectivity index (χ4v) is 1.57. The van der Waals surface area contributed by atoms with Gasteiger partial charge in [-0.1, -0.05) is 6.92 Å². The minimum Gasteiger partial charge on any atom is -0.390 e. The molecule has 0 bridgehead atoms. The van der Waals surface area contributed by atoms with Gasteiger partial charge in [0.2, 0.25) is 0 Å². The van der Waals surface area contributed by atoms with Gasteiger partial charge in [-0.15, -0.1) is 5.10 Å². The molecule has 0 saturated carbocycles. The molecule has 2 aromatic heterocycles. The molecule has 0 fully saturated rings. The third-order valence-corrected chi connectivity index (χ3v) is 2.40. The number of nitrogens with one attached hydrogen (secondary N) is 1. The van der Waals surface area contributed by atoms with E-state index in [2.05, 4.69) is 15.4 Å². The fraction of sp³-hybridized carbons (Fsp3) is 0.500. The van der Waals surface area contributed by atoms with Gasteiger partial charge in [0.15, 0.2) is 5.65 Å². The van der Waals surface area contributed by atoms with Crippen LogP contribution in [0.2, 0.25) is 0 Å². The second-order valence-corrected chi connectivity index (χ2v) is 3.73. The van der Waals surface area contributed by atoms with Gasteiger partial charge in [-0.25, -0.2) is 13.9 Å². The summed E-state index contributed by atoms with van der Waals surface area (Å²) >= 11 is 0. The quantitative estimate of drug-likeness (QED) is 0.687. The Kier molecular flexibility index (Phi) is 3.50. The van der Waals surface area contributed by atoms with Crippen molar-refractivity contribution < 1.29 is 5.11 Å². The van der Waals surface area contributed by atoms with Gasteiger partial charge in [0.05, 0.1) is 18.8 Å². The molecule has 2 N–H and O–H groups in total. The van der Waals surface area contributed by atoms with Crippen molar-refractivity contribution in [3.05, 3.63) is 29.1 Å². The van der Waals surface area contributed by atoms with Crippen molar-refractivity contribution in [2.45, 2.75) is 19.6 Å². The maximum Gasteiger partial charge on any atom is 0.350 e. The van der Waals surface area contributed by atoms with Crippen LogP contribution in [0.5, 0.6) is 0 Å². The fourth-order valence-electron chi connectivity index (χ4n) is 1.57. The highest BCUT2D eigenvalue weighted by Gasteiger charge is 2.10. The Hall–Kier alpha value is -1.73. The number of nitrogens with zero attached hydrogens (tertiary/aromatic N) is 4. The maximum absolute atomic E-state index is 11.8. The number of fused-ring (bicyclic) bond motifs is 1. The van der Waals surface area contributed by atoms with E-state index in [1.807, 2.05) is 6.92 Å². The SMILES string of the molecule is CCNCC(O)Cn1nc2cnccn2c1=O. The molecule has 92 valence electrons. The van der Waals surface area contributed by atoms with Crippen molar-refractivity contribution >= 4 is 5.65 Å². The van der Waals surface area contributed by atoms with Crippen LogP contribution in [0.25, 0.3) is 5.65 Å². The van der Waals surface area contributed by atoms with E-state index in [-0.39, 0.29) is 12.2 Å². The first-order valence-corrected chi connectivity index (χ1v) is 5.50. The molecule has 0 spiro atoms. The summed E-state index contributed by atoms with van der Waals surface area (Å²) in [5.74, 6) is 0. The predicted octanol–water partition coefficient (Wildman–Crippen LogP) is -1.14. The summed E-state index contributed by atoms with van der Waals surface area (Å²) in [7, 11) is 0. The second-order valence-electron chi connectivity index (χ2n) is 3.73. The Morgan fingerprint density at radius 3 is 3.12 bits per heavy atom. The normalized spacial score (nSPS) is 13.1. The lowest BCUT2D eigenvalue weighted by Gasteiger charge is -2.09. The molecule has 2 rings (SSSR count). The molecule has 0 amide bonds. The van der Waals surface area contributed by atoms with Gasteiger partial charge in [0, 0.05) is 18.9 Å². The van der Waals surface area contributed by atoms with E-state index in [1.165, 1.54) is 21.5 Å². The van der Waals surface area contributed by atoms with E-state index in [1.54, 1.807) is 6.20 Å². The Morgan fingerprint density at radius 2 is 2.41 bits per heavy atom. The average Bonchev–Trinajstić information content (AvgIpc) is 2.64. The molecule has 0 saturated heterocycles. The molecule has 0 aliphatic carbocycles. The predicted molar refractivity (Wildman–Crippen MR) is 61.8 cm³/mol. The number of aliphatic hydroxyl groups is 1. The second kappa shape index (κ2) is 5.07. The Labute approximate surface area is 97.7 Å². The molecule has 0 aliphatic heterocycles. The first-order chi connectivity index (χ1) is 8.22. The van der Waals surface area contributed by atoms with Crippen LogP contribution in [-0.2, 0) is 6.54 Å². The van der Waals surface area contributed by atoms with E-state index in [4.69, 9.17) is 0 Å². The number of hydrogen-bond donors (Lipinski definition) is 2. The summed E-state index contributed by atoms with van der Waals surface area (Å²) in [6.07, 6.45) is 3.95. The summed E-state index contributed by atoms with van der Waals surface area (Å²) in [6, 6.07) is 0. The van der Waals surface area contributed by atoms with Crippen LogP contribution in [0, 0.1) is 0 Å². The molecule has 7 nitrogen and oxygen atoms in total. The number of aliphatic hydroxyl groups excluding tert-OH is 1. The third-order valence-electron chi connectivity index (χ3n) is 2.40. The van der Waals surface area contributed by atoms with Crippen molar-refractivity contribution in [3.8, 4) is 0 Å². The zero-order valence-electron chi connectivity index (χ0n) is 9.58. The molecule has 0 aromatic carbocycles. The smallest absolute Gasteiger partial charge is 0.350 e. The van der Waals surface area contributed by atoms with Gasteiger partial charge in [-0.3, -0.25) is 4.98 Å². The average molecular weight is 237 g/mol. The molecule has 2 aromatic rings. The van der Waals surface area contributed by atoms with Crippen LogP contribution in [0.3, 0.4) is 0 Å². The Bertz CT molecular complexity index is 547. The van der Waals surface area contributed by atoms with Crippen LogP contribution in [0.4, 0.5) is 0 Å². The largest absolute Gasteiger partial charge is 0.390 e.